The molecule has 1 rings (SSSR count). The van der Waals surface area contributed by atoms with Crippen LogP contribution in [-0.2, 0) is 11.3 Å². The largest absolute Gasteiger partial charge is 0.374 e. The molecule has 0 aliphatic carbocycles. The Morgan fingerprint density at radius 3 is 2.92 bits per heavy atom. The zero-order valence-electron chi connectivity index (χ0n) is 7.70. The predicted molar refractivity (Wildman–Crippen MR) is 48.2 cm³/mol. The number of H-pyrrole nitrogens is 1. The van der Waals surface area contributed by atoms with Crippen molar-refractivity contribution in [1.82, 2.24) is 9.97 Å². The molecule has 0 amide bonds. The number of ether oxygens (including phenoxy) is 1. The molecule has 5 heteroatoms. The summed E-state index contributed by atoms with van der Waals surface area (Å²) in [5.41, 5.74) is 5.60. The number of methoxy groups -OCH3 is 1. The van der Waals surface area contributed by atoms with Gasteiger partial charge in [-0.2, -0.15) is 0 Å². The van der Waals surface area contributed by atoms with Crippen molar-refractivity contribution in [3.8, 4) is 0 Å². The summed E-state index contributed by atoms with van der Waals surface area (Å²) in [5.74, 6) is 0.518. The zero-order chi connectivity index (χ0) is 9.84. The van der Waals surface area contributed by atoms with Crippen LogP contribution < -0.4 is 11.3 Å². The van der Waals surface area contributed by atoms with E-state index in [9.17, 15) is 4.79 Å². The smallest absolute Gasteiger partial charge is 0.255 e. The summed E-state index contributed by atoms with van der Waals surface area (Å²) < 4.78 is 5.00. The molecule has 3 N–H and O–H groups in total. The third-order valence-corrected chi connectivity index (χ3v) is 1.85. The summed E-state index contributed by atoms with van der Waals surface area (Å²) in [6.45, 7) is 2.00. The van der Waals surface area contributed by atoms with E-state index in [2.05, 4.69) is 9.97 Å². The predicted octanol–water partition coefficient (Wildman–Crippen LogP) is -0.0640. The number of hydrogen-bond acceptors (Lipinski definition) is 4. The van der Waals surface area contributed by atoms with E-state index in [0.717, 1.165) is 0 Å². The fraction of sp³-hybridized carbons (Fsp3) is 0.500. The van der Waals surface area contributed by atoms with Crippen LogP contribution in [0, 0.1) is 0 Å². The lowest BCUT2D eigenvalue weighted by Gasteiger charge is -2.07. The molecule has 1 atom stereocenters. The first kappa shape index (κ1) is 9.88. The quantitative estimate of drug-likeness (QED) is 0.687. The highest BCUT2D eigenvalue weighted by atomic mass is 16.5. The van der Waals surface area contributed by atoms with Crippen molar-refractivity contribution < 1.29 is 4.74 Å². The maximum absolute atomic E-state index is 11.3. The molecule has 1 unspecified atom stereocenters. The van der Waals surface area contributed by atoms with Gasteiger partial charge >= 0.3 is 0 Å². The topological polar surface area (TPSA) is 81.0 Å². The molecule has 0 saturated carbocycles. The van der Waals surface area contributed by atoms with E-state index in [1.54, 1.807) is 14.0 Å². The summed E-state index contributed by atoms with van der Waals surface area (Å²) in [5, 5.41) is 0. The standard InChI is InChI=1S/C8H13N3O2/c1-5(13-2)7-10-4-6(3-9)8(12)11-7/h4-5H,3,9H2,1-2H3,(H,10,11,12). The van der Waals surface area contributed by atoms with Crippen molar-refractivity contribution in [2.24, 2.45) is 5.73 Å². The first-order valence-corrected chi connectivity index (χ1v) is 4.00. The normalized spacial score (nSPS) is 12.8. The maximum atomic E-state index is 11.3. The second-order valence-corrected chi connectivity index (χ2v) is 2.70. The molecule has 72 valence electrons. The van der Waals surface area contributed by atoms with E-state index in [4.69, 9.17) is 10.5 Å². The van der Waals surface area contributed by atoms with Gasteiger partial charge in [-0.1, -0.05) is 0 Å². The van der Waals surface area contributed by atoms with E-state index in [0.29, 0.717) is 11.4 Å². The number of nitrogens with zero attached hydrogens (tertiary/aromatic N) is 1. The Bertz CT molecular complexity index is 334. The van der Waals surface area contributed by atoms with E-state index in [-0.39, 0.29) is 18.2 Å². The minimum atomic E-state index is -0.209. The second kappa shape index (κ2) is 4.15. The number of nitrogens with two attached hydrogens (primary N) is 1. The first-order chi connectivity index (χ1) is 6.19. The van der Waals surface area contributed by atoms with Gasteiger partial charge in [0.25, 0.3) is 5.56 Å². The SMILES string of the molecule is COC(C)c1ncc(CN)c(=O)[nH]1. The molecule has 13 heavy (non-hydrogen) atoms. The summed E-state index contributed by atoms with van der Waals surface area (Å²) in [4.78, 5) is 17.9. The minimum absolute atomic E-state index is 0.198. The van der Waals surface area contributed by atoms with Crippen LogP contribution in [-0.4, -0.2) is 17.1 Å². The van der Waals surface area contributed by atoms with Gasteiger partial charge in [0.15, 0.2) is 0 Å². The van der Waals surface area contributed by atoms with Gasteiger partial charge in [-0.05, 0) is 6.92 Å². The Kier molecular flexibility index (Phi) is 3.16. The third-order valence-electron chi connectivity index (χ3n) is 1.85. The van der Waals surface area contributed by atoms with Crippen LogP contribution in [0.2, 0.25) is 0 Å². The van der Waals surface area contributed by atoms with E-state index >= 15 is 0 Å². The highest BCUT2D eigenvalue weighted by Gasteiger charge is 2.07. The number of aromatic nitrogens is 2. The fourth-order valence-corrected chi connectivity index (χ4v) is 0.899. The third kappa shape index (κ3) is 2.13. The van der Waals surface area contributed by atoms with Gasteiger partial charge in [-0.25, -0.2) is 4.98 Å². The molecule has 0 saturated heterocycles. The number of rotatable bonds is 3. The molecule has 5 nitrogen and oxygen atoms in total. The molecule has 1 aromatic heterocycles. The van der Waals surface area contributed by atoms with Gasteiger partial charge in [-0.15, -0.1) is 0 Å². The molecule has 0 aromatic carbocycles. The molecular formula is C8H13N3O2. The molecule has 0 aliphatic rings. The van der Waals surface area contributed by atoms with Crippen LogP contribution in [0.3, 0.4) is 0 Å². The molecule has 0 bridgehead atoms. The summed E-state index contributed by atoms with van der Waals surface area (Å²) >= 11 is 0. The van der Waals surface area contributed by atoms with Crippen molar-refractivity contribution in [3.63, 3.8) is 0 Å². The van der Waals surface area contributed by atoms with Gasteiger partial charge in [-0.3, -0.25) is 4.79 Å². The van der Waals surface area contributed by atoms with Crippen LogP contribution in [0.25, 0.3) is 0 Å². The highest BCUT2D eigenvalue weighted by Crippen LogP contribution is 2.07. The monoisotopic (exact) mass is 183 g/mol. The van der Waals surface area contributed by atoms with Crippen LogP contribution in [0.5, 0.6) is 0 Å². The Morgan fingerprint density at radius 1 is 1.77 bits per heavy atom. The van der Waals surface area contributed by atoms with Gasteiger partial charge in [0.05, 0.1) is 0 Å². The van der Waals surface area contributed by atoms with Crippen molar-refractivity contribution >= 4 is 0 Å². The van der Waals surface area contributed by atoms with E-state index in [1.807, 2.05) is 0 Å². The lowest BCUT2D eigenvalue weighted by atomic mass is 10.3. The van der Waals surface area contributed by atoms with Crippen molar-refractivity contribution in [1.29, 1.82) is 0 Å². The lowest BCUT2D eigenvalue weighted by molar-refractivity contribution is 0.111. The molecular weight excluding hydrogens is 170 g/mol. The molecule has 0 radical (unpaired) electrons. The van der Waals surface area contributed by atoms with Crippen LogP contribution in [0.1, 0.15) is 24.4 Å². The van der Waals surface area contributed by atoms with Gasteiger partial charge in [0.1, 0.15) is 11.9 Å². The van der Waals surface area contributed by atoms with Gasteiger partial charge in [0.2, 0.25) is 0 Å². The molecule has 0 spiro atoms. The maximum Gasteiger partial charge on any atom is 0.255 e. The molecule has 0 fully saturated rings. The van der Waals surface area contributed by atoms with Crippen molar-refractivity contribution in [2.45, 2.75) is 19.6 Å². The summed E-state index contributed by atoms with van der Waals surface area (Å²) in [7, 11) is 1.56. The van der Waals surface area contributed by atoms with E-state index in [1.165, 1.54) is 6.20 Å². The van der Waals surface area contributed by atoms with Gasteiger partial charge < -0.3 is 15.5 Å². The Balaban J connectivity index is 3.03. The van der Waals surface area contributed by atoms with Crippen molar-refractivity contribution in [2.75, 3.05) is 7.11 Å². The number of nitrogens with one attached hydrogen (secondary N) is 1. The summed E-state index contributed by atoms with van der Waals surface area (Å²) in [6, 6.07) is 0. The van der Waals surface area contributed by atoms with Crippen LogP contribution >= 0.6 is 0 Å². The Hall–Kier alpha value is -1.20. The van der Waals surface area contributed by atoms with Gasteiger partial charge in [0, 0.05) is 25.4 Å². The summed E-state index contributed by atoms with van der Waals surface area (Å²) in [6.07, 6.45) is 1.27. The van der Waals surface area contributed by atoms with E-state index < -0.39 is 0 Å². The number of hydrogen-bond donors (Lipinski definition) is 2. The highest BCUT2D eigenvalue weighted by molar-refractivity contribution is 5.05. The van der Waals surface area contributed by atoms with Crippen LogP contribution in [0.4, 0.5) is 0 Å². The zero-order valence-corrected chi connectivity index (χ0v) is 7.70. The molecule has 0 aliphatic heterocycles. The fourth-order valence-electron chi connectivity index (χ4n) is 0.899. The number of aromatic amines is 1. The van der Waals surface area contributed by atoms with Crippen LogP contribution in [0.15, 0.2) is 11.0 Å². The average molecular weight is 183 g/mol. The van der Waals surface area contributed by atoms with Crippen molar-refractivity contribution in [3.05, 3.63) is 27.9 Å². The lowest BCUT2D eigenvalue weighted by Crippen LogP contribution is -2.20. The first-order valence-electron chi connectivity index (χ1n) is 4.00. The average Bonchev–Trinajstić information content (AvgIpc) is 2.16. The Labute approximate surface area is 75.9 Å². The minimum Gasteiger partial charge on any atom is -0.374 e. The molecule has 1 heterocycles. The molecule has 1 aromatic rings. The Morgan fingerprint density at radius 2 is 2.46 bits per heavy atom. The second-order valence-electron chi connectivity index (χ2n) is 2.70.